The van der Waals surface area contributed by atoms with Crippen LogP contribution in [0.3, 0.4) is 0 Å². The van der Waals surface area contributed by atoms with Crippen LogP contribution in [-0.4, -0.2) is 42.0 Å². The molecule has 1 saturated carbocycles. The van der Waals surface area contributed by atoms with Crippen molar-refractivity contribution in [1.29, 1.82) is 0 Å². The van der Waals surface area contributed by atoms with Gasteiger partial charge in [-0.1, -0.05) is 11.6 Å². The summed E-state index contributed by atoms with van der Waals surface area (Å²) >= 11 is 7.50. The van der Waals surface area contributed by atoms with Gasteiger partial charge in [-0.15, -0.1) is 11.8 Å². The Bertz CT molecular complexity index is 494. The zero-order valence-corrected chi connectivity index (χ0v) is 13.2. The second-order valence-corrected chi connectivity index (χ2v) is 6.34. The van der Waals surface area contributed by atoms with Crippen molar-refractivity contribution in [2.45, 2.75) is 23.8 Å². The number of benzene rings is 1. The second kappa shape index (κ2) is 6.70. The number of halogens is 1. The number of nitrogens with zero attached hydrogens (tertiary/aromatic N) is 1. The van der Waals surface area contributed by atoms with E-state index in [1.54, 1.807) is 30.9 Å². The molecule has 4 nitrogen and oxygen atoms in total. The van der Waals surface area contributed by atoms with Crippen molar-refractivity contribution in [1.82, 2.24) is 4.90 Å². The third kappa shape index (κ3) is 4.04. The topological polar surface area (TPSA) is 52.6 Å². The lowest BCUT2D eigenvalue weighted by Crippen LogP contribution is -2.38. The number of nitrogens with one attached hydrogen (secondary N) is 1. The molecule has 1 aliphatic rings. The van der Waals surface area contributed by atoms with Gasteiger partial charge in [0.05, 0.1) is 11.8 Å². The van der Waals surface area contributed by atoms with Crippen molar-refractivity contribution < 1.29 is 9.90 Å². The molecule has 1 aliphatic carbocycles. The Morgan fingerprint density at radius 1 is 1.60 bits per heavy atom. The van der Waals surface area contributed by atoms with E-state index in [1.165, 1.54) is 4.90 Å². The maximum Gasteiger partial charge on any atom is 0.321 e. The number of aliphatic hydroxyl groups is 1. The molecule has 0 aliphatic heterocycles. The lowest BCUT2D eigenvalue weighted by molar-refractivity contribution is 0.117. The summed E-state index contributed by atoms with van der Waals surface area (Å²) in [5, 5.41) is 13.3. The first kappa shape index (κ1) is 15.5. The number of likely N-dealkylation sites (N-methyl/N-ethyl adjacent to an activating group) is 1. The summed E-state index contributed by atoms with van der Waals surface area (Å²) in [5.41, 5.74) is 0.697. The fourth-order valence-corrected chi connectivity index (χ4v) is 2.69. The number of carbonyl (C=O) groups is 1. The van der Waals surface area contributed by atoms with Crippen molar-refractivity contribution in [2.24, 2.45) is 5.92 Å². The molecule has 0 spiro atoms. The van der Waals surface area contributed by atoms with Crippen molar-refractivity contribution >= 4 is 35.1 Å². The van der Waals surface area contributed by atoms with Gasteiger partial charge in [0, 0.05) is 23.5 Å². The van der Waals surface area contributed by atoms with E-state index in [1.807, 2.05) is 12.3 Å². The Morgan fingerprint density at radius 2 is 2.30 bits per heavy atom. The highest BCUT2D eigenvalue weighted by atomic mass is 35.5. The zero-order valence-electron chi connectivity index (χ0n) is 11.6. The van der Waals surface area contributed by atoms with E-state index in [0.29, 0.717) is 23.2 Å². The molecule has 0 radical (unpaired) electrons. The van der Waals surface area contributed by atoms with Crippen LogP contribution in [-0.2, 0) is 0 Å². The van der Waals surface area contributed by atoms with Gasteiger partial charge in [-0.25, -0.2) is 4.79 Å². The van der Waals surface area contributed by atoms with Gasteiger partial charge in [-0.05, 0) is 43.2 Å². The quantitative estimate of drug-likeness (QED) is 0.820. The van der Waals surface area contributed by atoms with Crippen molar-refractivity contribution in [3.63, 3.8) is 0 Å². The van der Waals surface area contributed by atoms with Gasteiger partial charge in [0.2, 0.25) is 0 Å². The first-order chi connectivity index (χ1) is 9.51. The van der Waals surface area contributed by atoms with E-state index < -0.39 is 6.10 Å². The smallest absolute Gasteiger partial charge is 0.321 e. The SMILES string of the molecule is CSc1ccc(Cl)cc1NC(=O)N(C)CC(O)C1CC1. The standard InChI is InChI=1S/C14H19ClN2O2S/c1-17(8-12(18)9-3-4-9)14(19)16-11-7-10(15)5-6-13(11)20-2/h5-7,9,12,18H,3-4,8H2,1-2H3,(H,16,19). The lowest BCUT2D eigenvalue weighted by Gasteiger charge is -2.22. The average molecular weight is 315 g/mol. The number of thioether (sulfide) groups is 1. The van der Waals surface area contributed by atoms with Crippen LogP contribution in [0.25, 0.3) is 0 Å². The van der Waals surface area contributed by atoms with Gasteiger partial charge < -0.3 is 15.3 Å². The van der Waals surface area contributed by atoms with Crippen LogP contribution in [0.2, 0.25) is 5.02 Å². The molecule has 0 heterocycles. The molecule has 2 amide bonds. The number of aliphatic hydroxyl groups excluding tert-OH is 1. The molecule has 0 saturated heterocycles. The number of carbonyl (C=O) groups excluding carboxylic acids is 1. The van der Waals surface area contributed by atoms with Gasteiger partial charge in [-0.2, -0.15) is 0 Å². The van der Waals surface area contributed by atoms with Gasteiger partial charge >= 0.3 is 6.03 Å². The van der Waals surface area contributed by atoms with E-state index in [2.05, 4.69) is 5.32 Å². The number of hydrogen-bond donors (Lipinski definition) is 2. The Labute approximate surface area is 128 Å². The second-order valence-electron chi connectivity index (χ2n) is 5.06. The Kier molecular flexibility index (Phi) is 5.18. The third-order valence-electron chi connectivity index (χ3n) is 3.38. The summed E-state index contributed by atoms with van der Waals surface area (Å²) in [6, 6.07) is 5.17. The molecular formula is C14H19ClN2O2S. The van der Waals surface area contributed by atoms with Gasteiger partial charge in [-0.3, -0.25) is 0 Å². The zero-order chi connectivity index (χ0) is 14.7. The molecule has 1 unspecified atom stereocenters. The van der Waals surface area contributed by atoms with Gasteiger partial charge in [0.15, 0.2) is 0 Å². The molecule has 1 aromatic carbocycles. The first-order valence-corrected chi connectivity index (χ1v) is 8.15. The average Bonchev–Trinajstić information content (AvgIpc) is 3.23. The minimum absolute atomic E-state index is 0.234. The minimum Gasteiger partial charge on any atom is -0.391 e. The van der Waals surface area contributed by atoms with Crippen LogP contribution in [0.1, 0.15) is 12.8 Å². The molecule has 110 valence electrons. The minimum atomic E-state index is -0.426. The van der Waals surface area contributed by atoms with Crippen molar-refractivity contribution in [2.75, 3.05) is 25.2 Å². The normalized spacial score (nSPS) is 15.8. The van der Waals surface area contributed by atoms with Crippen LogP contribution in [0.15, 0.2) is 23.1 Å². The highest BCUT2D eigenvalue weighted by molar-refractivity contribution is 7.98. The molecule has 1 aromatic rings. The molecule has 1 fully saturated rings. The number of anilines is 1. The molecule has 1 atom stereocenters. The van der Waals surface area contributed by atoms with Crippen molar-refractivity contribution in [3.05, 3.63) is 23.2 Å². The monoisotopic (exact) mass is 314 g/mol. The summed E-state index contributed by atoms with van der Waals surface area (Å²) < 4.78 is 0. The van der Waals surface area contributed by atoms with Crippen LogP contribution < -0.4 is 5.32 Å². The van der Waals surface area contributed by atoms with E-state index >= 15 is 0 Å². The van der Waals surface area contributed by atoms with Crippen LogP contribution in [0, 0.1) is 5.92 Å². The molecule has 6 heteroatoms. The van der Waals surface area contributed by atoms with Crippen LogP contribution >= 0.6 is 23.4 Å². The maximum atomic E-state index is 12.1. The first-order valence-electron chi connectivity index (χ1n) is 6.55. The molecule has 2 N–H and O–H groups in total. The predicted molar refractivity (Wildman–Crippen MR) is 83.6 cm³/mol. The van der Waals surface area contributed by atoms with Gasteiger partial charge in [0.1, 0.15) is 0 Å². The summed E-state index contributed by atoms with van der Waals surface area (Å²) in [4.78, 5) is 14.6. The Morgan fingerprint density at radius 3 is 2.90 bits per heavy atom. The Balaban J connectivity index is 1.97. The molecule has 20 heavy (non-hydrogen) atoms. The highest BCUT2D eigenvalue weighted by Crippen LogP contribution is 2.33. The molecular weight excluding hydrogens is 296 g/mol. The van der Waals surface area contributed by atoms with Gasteiger partial charge in [0.25, 0.3) is 0 Å². The molecule has 0 aromatic heterocycles. The van der Waals surface area contributed by atoms with E-state index in [0.717, 1.165) is 17.7 Å². The third-order valence-corrected chi connectivity index (χ3v) is 4.41. The fraction of sp³-hybridized carbons (Fsp3) is 0.500. The summed E-state index contributed by atoms with van der Waals surface area (Å²) in [5.74, 6) is 0.359. The summed E-state index contributed by atoms with van der Waals surface area (Å²) in [6.07, 6.45) is 3.63. The summed E-state index contributed by atoms with van der Waals surface area (Å²) in [7, 11) is 1.68. The lowest BCUT2D eigenvalue weighted by atomic mass is 10.2. The van der Waals surface area contributed by atoms with Crippen LogP contribution in [0.4, 0.5) is 10.5 Å². The number of rotatable bonds is 5. The predicted octanol–water partition coefficient (Wildman–Crippen LogP) is 3.30. The Hall–Kier alpha value is -0.910. The number of hydrogen-bond acceptors (Lipinski definition) is 3. The number of urea groups is 1. The van der Waals surface area contributed by atoms with E-state index in [4.69, 9.17) is 11.6 Å². The summed E-state index contributed by atoms with van der Waals surface area (Å²) in [6.45, 7) is 0.353. The highest BCUT2D eigenvalue weighted by Gasteiger charge is 2.31. The van der Waals surface area contributed by atoms with E-state index in [-0.39, 0.29) is 6.03 Å². The van der Waals surface area contributed by atoms with Crippen LogP contribution in [0.5, 0.6) is 0 Å². The van der Waals surface area contributed by atoms with Crippen molar-refractivity contribution in [3.8, 4) is 0 Å². The maximum absolute atomic E-state index is 12.1. The van der Waals surface area contributed by atoms with E-state index in [9.17, 15) is 9.90 Å². The molecule has 2 rings (SSSR count). The molecule has 0 bridgehead atoms. The fourth-order valence-electron chi connectivity index (χ4n) is 1.98. The largest absolute Gasteiger partial charge is 0.391 e. The number of amides is 2.